The Morgan fingerprint density at radius 3 is 2.41 bits per heavy atom. The van der Waals surface area contributed by atoms with Crippen LogP contribution in [-0.4, -0.2) is 23.9 Å². The van der Waals surface area contributed by atoms with Gasteiger partial charge in [0.15, 0.2) is 0 Å². The summed E-state index contributed by atoms with van der Waals surface area (Å²) in [6.45, 7) is 1.85. The summed E-state index contributed by atoms with van der Waals surface area (Å²) in [7, 11) is 1.47. The minimum atomic E-state index is -0.927. The number of ketones is 1. The highest BCUT2D eigenvalue weighted by molar-refractivity contribution is 6.52. The lowest BCUT2D eigenvalue weighted by molar-refractivity contribution is -0.132. The van der Waals surface area contributed by atoms with Gasteiger partial charge in [0, 0.05) is 11.3 Å². The molecule has 3 aromatic rings. The van der Waals surface area contributed by atoms with Crippen LogP contribution in [0.5, 0.6) is 5.75 Å². The first kappa shape index (κ1) is 21.6. The van der Waals surface area contributed by atoms with E-state index in [1.165, 1.54) is 48.4 Å². The standard InChI is InChI=1S/C25H19ClFNO4/c1-14-5-3-4-6-18(14)22-21(23(29)19-13-17(32-2)11-12-20(19)26)24(30)25(31)28(22)16-9-7-15(27)8-10-16/h3-13,22,29H,1-2H3/b23-21+. The Labute approximate surface area is 189 Å². The molecule has 0 aromatic heterocycles. The van der Waals surface area contributed by atoms with Crippen molar-refractivity contribution in [1.29, 1.82) is 0 Å². The largest absolute Gasteiger partial charge is 0.507 e. The van der Waals surface area contributed by atoms with Gasteiger partial charge in [-0.15, -0.1) is 0 Å². The van der Waals surface area contributed by atoms with Crippen LogP contribution in [0.2, 0.25) is 5.02 Å². The van der Waals surface area contributed by atoms with E-state index in [0.717, 1.165) is 5.56 Å². The van der Waals surface area contributed by atoms with Gasteiger partial charge in [-0.05, 0) is 60.5 Å². The number of aliphatic hydroxyl groups excluding tert-OH is 1. The zero-order valence-corrected chi connectivity index (χ0v) is 18.1. The third-order valence-electron chi connectivity index (χ3n) is 5.46. The lowest BCUT2D eigenvalue weighted by atomic mass is 9.92. The zero-order chi connectivity index (χ0) is 23.0. The molecule has 4 rings (SSSR count). The molecule has 1 aliphatic heterocycles. The van der Waals surface area contributed by atoms with E-state index in [9.17, 15) is 19.1 Å². The van der Waals surface area contributed by atoms with Gasteiger partial charge in [0.2, 0.25) is 0 Å². The first-order chi connectivity index (χ1) is 15.3. The second kappa shape index (κ2) is 8.48. The maximum absolute atomic E-state index is 13.5. The quantitative estimate of drug-likeness (QED) is 0.326. The summed E-state index contributed by atoms with van der Waals surface area (Å²) >= 11 is 6.31. The van der Waals surface area contributed by atoms with Crippen molar-refractivity contribution in [1.82, 2.24) is 0 Å². The number of amides is 1. The maximum atomic E-state index is 13.5. The molecule has 1 heterocycles. The van der Waals surface area contributed by atoms with E-state index in [2.05, 4.69) is 0 Å². The third kappa shape index (κ3) is 3.63. The summed E-state index contributed by atoms with van der Waals surface area (Å²) in [6, 6.07) is 16.2. The van der Waals surface area contributed by atoms with Crippen LogP contribution in [0, 0.1) is 12.7 Å². The van der Waals surface area contributed by atoms with Gasteiger partial charge in [-0.1, -0.05) is 35.9 Å². The molecule has 1 amide bonds. The number of aliphatic hydroxyl groups is 1. The molecule has 1 N–H and O–H groups in total. The lowest BCUT2D eigenvalue weighted by Gasteiger charge is -2.26. The highest BCUT2D eigenvalue weighted by atomic mass is 35.5. The number of benzene rings is 3. The highest BCUT2D eigenvalue weighted by Crippen LogP contribution is 2.44. The first-order valence-corrected chi connectivity index (χ1v) is 10.2. The smallest absolute Gasteiger partial charge is 0.300 e. The Bertz CT molecular complexity index is 1250. The summed E-state index contributed by atoms with van der Waals surface area (Å²) in [4.78, 5) is 27.6. The van der Waals surface area contributed by atoms with Crippen LogP contribution in [0.15, 0.2) is 72.3 Å². The van der Waals surface area contributed by atoms with E-state index in [1.54, 1.807) is 18.2 Å². The van der Waals surface area contributed by atoms with Crippen molar-refractivity contribution in [2.75, 3.05) is 12.0 Å². The number of halogens is 2. The zero-order valence-electron chi connectivity index (χ0n) is 17.3. The SMILES string of the molecule is COc1ccc(Cl)c(/C(O)=C2\C(=O)C(=O)N(c3ccc(F)cc3)C2c2ccccc2C)c1. The van der Waals surface area contributed by atoms with E-state index < -0.39 is 29.3 Å². The summed E-state index contributed by atoms with van der Waals surface area (Å²) in [5.74, 6) is -2.15. The molecule has 1 fully saturated rings. The molecule has 1 saturated heterocycles. The molecule has 1 aliphatic rings. The molecule has 7 heteroatoms. The fourth-order valence-corrected chi connectivity index (χ4v) is 4.05. The summed E-state index contributed by atoms with van der Waals surface area (Å²) in [5.41, 5.74) is 1.86. The van der Waals surface area contributed by atoms with Crippen LogP contribution in [0.1, 0.15) is 22.7 Å². The van der Waals surface area contributed by atoms with Crippen molar-refractivity contribution in [3.8, 4) is 5.75 Å². The van der Waals surface area contributed by atoms with Crippen LogP contribution >= 0.6 is 11.6 Å². The number of carbonyl (C=O) groups excluding carboxylic acids is 2. The molecular weight excluding hydrogens is 433 g/mol. The van der Waals surface area contributed by atoms with Crippen LogP contribution in [-0.2, 0) is 9.59 Å². The Hall–Kier alpha value is -3.64. The van der Waals surface area contributed by atoms with Gasteiger partial charge < -0.3 is 9.84 Å². The third-order valence-corrected chi connectivity index (χ3v) is 5.79. The van der Waals surface area contributed by atoms with Gasteiger partial charge >= 0.3 is 0 Å². The second-order valence-electron chi connectivity index (χ2n) is 7.35. The van der Waals surface area contributed by atoms with E-state index >= 15 is 0 Å². The summed E-state index contributed by atoms with van der Waals surface area (Å²) in [5, 5.41) is 11.4. The van der Waals surface area contributed by atoms with E-state index in [-0.39, 0.29) is 16.2 Å². The highest BCUT2D eigenvalue weighted by Gasteiger charge is 2.47. The van der Waals surface area contributed by atoms with Crippen LogP contribution in [0.4, 0.5) is 10.1 Å². The Balaban J connectivity index is 1.99. The molecular formula is C25H19ClFNO4. The molecule has 5 nitrogen and oxygen atoms in total. The Morgan fingerprint density at radius 2 is 1.75 bits per heavy atom. The number of methoxy groups -OCH3 is 1. The average molecular weight is 452 g/mol. The monoisotopic (exact) mass is 451 g/mol. The van der Waals surface area contributed by atoms with Crippen LogP contribution in [0.3, 0.4) is 0 Å². The second-order valence-corrected chi connectivity index (χ2v) is 7.76. The predicted octanol–water partition coefficient (Wildman–Crippen LogP) is 5.42. The number of hydrogen-bond acceptors (Lipinski definition) is 4. The Morgan fingerprint density at radius 1 is 1.06 bits per heavy atom. The van der Waals surface area contributed by atoms with Gasteiger partial charge in [-0.25, -0.2) is 4.39 Å². The van der Waals surface area contributed by atoms with Crippen molar-refractivity contribution in [3.05, 3.63) is 99.8 Å². The van der Waals surface area contributed by atoms with Crippen molar-refractivity contribution in [3.63, 3.8) is 0 Å². The number of rotatable bonds is 4. The average Bonchev–Trinajstić information content (AvgIpc) is 3.05. The van der Waals surface area contributed by atoms with Crippen molar-refractivity contribution < 1.29 is 23.8 Å². The summed E-state index contributed by atoms with van der Waals surface area (Å²) < 4.78 is 18.7. The summed E-state index contributed by atoms with van der Waals surface area (Å²) in [6.07, 6.45) is 0. The van der Waals surface area contributed by atoms with Crippen molar-refractivity contribution in [2.45, 2.75) is 13.0 Å². The van der Waals surface area contributed by atoms with Gasteiger partial charge in [-0.3, -0.25) is 14.5 Å². The van der Waals surface area contributed by atoms with E-state index in [4.69, 9.17) is 16.3 Å². The molecule has 0 bridgehead atoms. The van der Waals surface area contributed by atoms with Gasteiger partial charge in [-0.2, -0.15) is 0 Å². The minimum Gasteiger partial charge on any atom is -0.507 e. The number of hydrogen-bond donors (Lipinski definition) is 1. The number of ether oxygens (including phenoxy) is 1. The molecule has 0 spiro atoms. The molecule has 3 aromatic carbocycles. The lowest BCUT2D eigenvalue weighted by Crippen LogP contribution is -2.29. The predicted molar refractivity (Wildman–Crippen MR) is 120 cm³/mol. The van der Waals surface area contributed by atoms with Gasteiger partial charge in [0.05, 0.1) is 23.7 Å². The molecule has 1 atom stereocenters. The minimum absolute atomic E-state index is 0.108. The maximum Gasteiger partial charge on any atom is 0.300 e. The molecule has 0 radical (unpaired) electrons. The molecule has 162 valence electrons. The van der Waals surface area contributed by atoms with Crippen LogP contribution in [0.25, 0.3) is 5.76 Å². The number of Topliss-reactive ketones (excluding diaryl/α,β-unsaturated/α-hetero) is 1. The van der Waals surface area contributed by atoms with E-state index in [1.807, 2.05) is 19.1 Å². The van der Waals surface area contributed by atoms with Gasteiger partial charge in [0.25, 0.3) is 11.7 Å². The molecule has 0 saturated carbocycles. The normalized spacial score (nSPS) is 17.6. The number of nitrogens with zero attached hydrogens (tertiary/aromatic N) is 1. The van der Waals surface area contributed by atoms with Gasteiger partial charge in [0.1, 0.15) is 17.3 Å². The molecule has 32 heavy (non-hydrogen) atoms. The number of carbonyl (C=O) groups is 2. The molecule has 1 unspecified atom stereocenters. The Kier molecular flexibility index (Phi) is 5.72. The topological polar surface area (TPSA) is 66.8 Å². The first-order valence-electron chi connectivity index (χ1n) is 9.79. The number of aryl methyl sites for hydroxylation is 1. The van der Waals surface area contributed by atoms with Crippen molar-refractivity contribution in [2.24, 2.45) is 0 Å². The fourth-order valence-electron chi connectivity index (χ4n) is 3.85. The van der Waals surface area contributed by atoms with E-state index in [0.29, 0.717) is 17.0 Å². The number of anilines is 1. The van der Waals surface area contributed by atoms with Crippen LogP contribution < -0.4 is 9.64 Å². The van der Waals surface area contributed by atoms with Crippen molar-refractivity contribution >= 4 is 34.7 Å². The molecule has 0 aliphatic carbocycles. The fraction of sp³-hybridized carbons (Fsp3) is 0.120.